The summed E-state index contributed by atoms with van der Waals surface area (Å²) in [6.07, 6.45) is 0. The fraction of sp³-hybridized carbons (Fsp3) is 0.364. The van der Waals surface area contributed by atoms with Gasteiger partial charge in [0.05, 0.1) is 4.99 Å². The number of hydrogen-bond donors (Lipinski definition) is 2. The first-order valence-corrected chi connectivity index (χ1v) is 5.01. The number of phenols is 1. The van der Waals surface area contributed by atoms with Crippen molar-refractivity contribution in [2.75, 3.05) is 0 Å². The minimum absolute atomic E-state index is 0.145. The smallest absolute Gasteiger partial charge is 0.115 e. The van der Waals surface area contributed by atoms with Gasteiger partial charge < -0.3 is 10.8 Å². The van der Waals surface area contributed by atoms with Crippen LogP contribution in [0.1, 0.15) is 25.3 Å². The van der Waals surface area contributed by atoms with Crippen molar-refractivity contribution in [1.29, 1.82) is 0 Å². The van der Waals surface area contributed by atoms with Gasteiger partial charge in [0.2, 0.25) is 0 Å². The largest absolute Gasteiger partial charge is 0.508 e. The normalized spacial score (nSPS) is 14.7. The Bertz CT molecular complexity index is 338. The van der Waals surface area contributed by atoms with Crippen LogP contribution < -0.4 is 5.73 Å². The van der Waals surface area contributed by atoms with Gasteiger partial charge in [0.25, 0.3) is 0 Å². The lowest BCUT2D eigenvalue weighted by Crippen LogP contribution is -2.23. The number of benzene rings is 1. The third-order valence-corrected chi connectivity index (χ3v) is 2.97. The first-order chi connectivity index (χ1) is 6.52. The van der Waals surface area contributed by atoms with E-state index in [0.29, 0.717) is 4.99 Å². The van der Waals surface area contributed by atoms with E-state index in [2.05, 4.69) is 6.92 Å². The lowest BCUT2D eigenvalue weighted by atomic mass is 9.89. The van der Waals surface area contributed by atoms with Crippen LogP contribution >= 0.6 is 12.2 Å². The molecule has 0 aliphatic carbocycles. The van der Waals surface area contributed by atoms with Gasteiger partial charge in [-0.15, -0.1) is 0 Å². The predicted molar refractivity (Wildman–Crippen MR) is 62.5 cm³/mol. The Labute approximate surface area is 89.7 Å². The van der Waals surface area contributed by atoms with Gasteiger partial charge >= 0.3 is 0 Å². The van der Waals surface area contributed by atoms with Crippen molar-refractivity contribution in [1.82, 2.24) is 0 Å². The molecular formula is C11H15NOS. The number of thiocarbonyl (C=S) groups is 1. The van der Waals surface area contributed by atoms with Crippen LogP contribution in [0.3, 0.4) is 0 Å². The Morgan fingerprint density at radius 3 is 2.57 bits per heavy atom. The topological polar surface area (TPSA) is 46.2 Å². The summed E-state index contributed by atoms with van der Waals surface area (Å²) in [7, 11) is 0. The molecule has 3 N–H and O–H groups in total. The Morgan fingerprint density at radius 1 is 1.43 bits per heavy atom. The average Bonchev–Trinajstić information content (AvgIpc) is 2.15. The SMILES string of the molecule is CC(C(N)=S)C(C)c1cccc(O)c1. The van der Waals surface area contributed by atoms with E-state index in [1.807, 2.05) is 19.1 Å². The van der Waals surface area contributed by atoms with Gasteiger partial charge in [0, 0.05) is 5.92 Å². The van der Waals surface area contributed by atoms with Gasteiger partial charge in [-0.25, -0.2) is 0 Å². The zero-order chi connectivity index (χ0) is 10.7. The molecule has 3 heteroatoms. The molecule has 0 radical (unpaired) electrons. The molecule has 0 saturated heterocycles. The fourth-order valence-corrected chi connectivity index (χ4v) is 1.55. The minimum Gasteiger partial charge on any atom is -0.508 e. The molecule has 0 bridgehead atoms. The van der Waals surface area contributed by atoms with Crippen molar-refractivity contribution >= 4 is 17.2 Å². The molecule has 1 rings (SSSR count). The summed E-state index contributed by atoms with van der Waals surface area (Å²) in [4.78, 5) is 0.515. The second-order valence-electron chi connectivity index (χ2n) is 3.57. The molecule has 0 spiro atoms. The molecule has 0 saturated carbocycles. The van der Waals surface area contributed by atoms with Gasteiger partial charge in [0.1, 0.15) is 5.75 Å². The number of rotatable bonds is 3. The minimum atomic E-state index is 0.145. The molecule has 1 aromatic carbocycles. The van der Waals surface area contributed by atoms with Crippen molar-refractivity contribution in [3.8, 4) is 5.75 Å². The third kappa shape index (κ3) is 2.45. The lowest BCUT2D eigenvalue weighted by molar-refractivity contribution is 0.473. The summed E-state index contributed by atoms with van der Waals surface area (Å²) in [5.74, 6) is 0.663. The highest BCUT2D eigenvalue weighted by Crippen LogP contribution is 2.26. The number of aromatic hydroxyl groups is 1. The van der Waals surface area contributed by atoms with E-state index in [9.17, 15) is 5.11 Å². The lowest BCUT2D eigenvalue weighted by Gasteiger charge is -2.19. The van der Waals surface area contributed by atoms with Crippen molar-refractivity contribution in [3.63, 3.8) is 0 Å². The van der Waals surface area contributed by atoms with Crippen LogP contribution in [-0.2, 0) is 0 Å². The maximum Gasteiger partial charge on any atom is 0.115 e. The molecule has 2 atom stereocenters. The molecule has 14 heavy (non-hydrogen) atoms. The summed E-state index contributed by atoms with van der Waals surface area (Å²) in [6.45, 7) is 4.05. The monoisotopic (exact) mass is 209 g/mol. The molecule has 76 valence electrons. The summed E-state index contributed by atoms with van der Waals surface area (Å²) < 4.78 is 0. The van der Waals surface area contributed by atoms with Crippen molar-refractivity contribution < 1.29 is 5.11 Å². The van der Waals surface area contributed by atoms with E-state index >= 15 is 0 Å². The van der Waals surface area contributed by atoms with Crippen LogP contribution in [0.2, 0.25) is 0 Å². The van der Waals surface area contributed by atoms with Gasteiger partial charge in [0.15, 0.2) is 0 Å². The van der Waals surface area contributed by atoms with Crippen LogP contribution in [0.5, 0.6) is 5.75 Å². The predicted octanol–water partition coefficient (Wildman–Crippen LogP) is 2.42. The molecular weight excluding hydrogens is 194 g/mol. The third-order valence-electron chi connectivity index (χ3n) is 2.59. The molecule has 2 unspecified atom stereocenters. The van der Waals surface area contributed by atoms with E-state index in [0.717, 1.165) is 5.56 Å². The highest BCUT2D eigenvalue weighted by atomic mass is 32.1. The maximum atomic E-state index is 9.32. The van der Waals surface area contributed by atoms with E-state index < -0.39 is 0 Å². The fourth-order valence-electron chi connectivity index (χ4n) is 1.34. The zero-order valence-electron chi connectivity index (χ0n) is 8.40. The van der Waals surface area contributed by atoms with Gasteiger partial charge in [-0.1, -0.05) is 38.2 Å². The summed E-state index contributed by atoms with van der Waals surface area (Å²) in [6, 6.07) is 7.20. The number of hydrogen-bond acceptors (Lipinski definition) is 2. The highest BCUT2D eigenvalue weighted by Gasteiger charge is 2.16. The molecule has 0 amide bonds. The van der Waals surface area contributed by atoms with Crippen LogP contribution in [0.15, 0.2) is 24.3 Å². The van der Waals surface area contributed by atoms with Crippen molar-refractivity contribution in [3.05, 3.63) is 29.8 Å². The van der Waals surface area contributed by atoms with Crippen molar-refractivity contribution in [2.45, 2.75) is 19.8 Å². The molecule has 0 aliphatic rings. The average molecular weight is 209 g/mol. The Hall–Kier alpha value is -1.09. The second kappa shape index (κ2) is 4.42. The molecule has 1 aromatic rings. The van der Waals surface area contributed by atoms with Gasteiger partial charge in [-0.2, -0.15) is 0 Å². The van der Waals surface area contributed by atoms with E-state index in [1.54, 1.807) is 12.1 Å². The van der Waals surface area contributed by atoms with Gasteiger partial charge in [-0.3, -0.25) is 0 Å². The Balaban J connectivity index is 2.89. The van der Waals surface area contributed by atoms with Gasteiger partial charge in [-0.05, 0) is 23.6 Å². The van der Waals surface area contributed by atoms with Crippen LogP contribution in [-0.4, -0.2) is 10.1 Å². The quantitative estimate of drug-likeness (QED) is 0.751. The van der Waals surface area contributed by atoms with Crippen LogP contribution in [0, 0.1) is 5.92 Å². The number of nitrogens with two attached hydrogens (primary N) is 1. The zero-order valence-corrected chi connectivity index (χ0v) is 9.21. The molecule has 0 aliphatic heterocycles. The second-order valence-corrected chi connectivity index (χ2v) is 4.05. The summed E-state index contributed by atoms with van der Waals surface area (Å²) >= 11 is 4.94. The van der Waals surface area contributed by atoms with Crippen LogP contribution in [0.25, 0.3) is 0 Å². The molecule has 0 heterocycles. The first-order valence-electron chi connectivity index (χ1n) is 4.60. The summed E-state index contributed by atoms with van der Waals surface area (Å²) in [5, 5.41) is 9.32. The Morgan fingerprint density at radius 2 is 2.07 bits per heavy atom. The Kier molecular flexibility index (Phi) is 3.47. The highest BCUT2D eigenvalue weighted by molar-refractivity contribution is 7.80. The molecule has 2 nitrogen and oxygen atoms in total. The van der Waals surface area contributed by atoms with Crippen molar-refractivity contribution in [2.24, 2.45) is 11.7 Å². The maximum absolute atomic E-state index is 9.32. The van der Waals surface area contributed by atoms with E-state index in [4.69, 9.17) is 18.0 Å². The van der Waals surface area contributed by atoms with Crippen LogP contribution in [0.4, 0.5) is 0 Å². The number of phenolic OH excluding ortho intramolecular Hbond substituents is 1. The van der Waals surface area contributed by atoms with E-state index in [1.165, 1.54) is 0 Å². The summed E-state index contributed by atoms with van der Waals surface area (Å²) in [5.41, 5.74) is 6.64. The molecule has 0 fully saturated rings. The first kappa shape index (κ1) is 11.0. The molecule has 0 aromatic heterocycles. The van der Waals surface area contributed by atoms with E-state index in [-0.39, 0.29) is 17.6 Å². The standard InChI is InChI=1S/C11H15NOS/c1-7(8(2)11(12)14)9-4-3-5-10(13)6-9/h3-8,13H,1-2H3,(H2,12,14).